The second-order valence-corrected chi connectivity index (χ2v) is 6.28. The summed E-state index contributed by atoms with van der Waals surface area (Å²) >= 11 is 7.87. The molecule has 1 atom stereocenters. The number of hydrogen-bond donors (Lipinski definition) is 0. The lowest BCUT2D eigenvalue weighted by molar-refractivity contribution is 0.414. The number of benzene rings is 1. The quantitative estimate of drug-likeness (QED) is 0.781. The minimum Gasteiger partial charge on any atom is -0.497 e. The molecule has 106 valence electrons. The number of hydrogen-bond acceptors (Lipinski definition) is 3. The van der Waals surface area contributed by atoms with E-state index in [1.165, 1.54) is 17.7 Å². The van der Waals surface area contributed by atoms with E-state index >= 15 is 0 Å². The van der Waals surface area contributed by atoms with Crippen LogP contribution in [-0.2, 0) is 18.2 Å². The molecule has 1 aromatic heterocycles. The molecular formula is C15H17ClN2OS. The van der Waals surface area contributed by atoms with Crippen LogP contribution < -0.4 is 4.74 Å². The van der Waals surface area contributed by atoms with Crippen molar-refractivity contribution in [3.8, 4) is 5.75 Å². The molecule has 5 heteroatoms. The van der Waals surface area contributed by atoms with E-state index in [9.17, 15) is 0 Å². The first kappa shape index (κ1) is 13.8. The molecule has 0 spiro atoms. The maximum absolute atomic E-state index is 5.90. The van der Waals surface area contributed by atoms with Crippen LogP contribution in [0.1, 0.15) is 28.8 Å². The van der Waals surface area contributed by atoms with Crippen molar-refractivity contribution < 1.29 is 4.74 Å². The number of fused-ring (bicyclic) bond motifs is 1. The molecule has 1 aromatic carbocycles. The van der Waals surface area contributed by atoms with Gasteiger partial charge in [0.1, 0.15) is 11.6 Å². The van der Waals surface area contributed by atoms with Crippen LogP contribution in [0.2, 0.25) is 0 Å². The first-order chi connectivity index (χ1) is 9.81. The molecule has 0 fully saturated rings. The van der Waals surface area contributed by atoms with Crippen molar-refractivity contribution in [3.63, 3.8) is 0 Å². The number of rotatable bonds is 5. The second kappa shape index (κ2) is 6.10. The zero-order chi connectivity index (χ0) is 13.9. The standard InChI is InChI=1S/C15H17ClN2OS/c1-19-12-4-2-11(3-5-12)10-20-14-6-7-18-13(14)9-17-15(18)8-16/h2-5,9,14H,6-8,10H2,1H3. The van der Waals surface area contributed by atoms with Gasteiger partial charge in [0.15, 0.2) is 0 Å². The lowest BCUT2D eigenvalue weighted by Crippen LogP contribution is -1.97. The molecule has 0 aliphatic carbocycles. The molecule has 0 bridgehead atoms. The fourth-order valence-electron chi connectivity index (χ4n) is 2.53. The van der Waals surface area contributed by atoms with Gasteiger partial charge >= 0.3 is 0 Å². The zero-order valence-corrected chi connectivity index (χ0v) is 13.0. The Morgan fingerprint density at radius 3 is 2.90 bits per heavy atom. The van der Waals surface area contributed by atoms with Crippen molar-refractivity contribution >= 4 is 23.4 Å². The third-order valence-electron chi connectivity index (χ3n) is 3.64. The Bertz CT molecular complexity index is 582. The molecule has 0 amide bonds. The summed E-state index contributed by atoms with van der Waals surface area (Å²) in [6, 6.07) is 8.28. The van der Waals surface area contributed by atoms with Gasteiger partial charge in [-0.1, -0.05) is 12.1 Å². The van der Waals surface area contributed by atoms with Crippen LogP contribution in [0.3, 0.4) is 0 Å². The Morgan fingerprint density at radius 2 is 2.20 bits per heavy atom. The molecule has 20 heavy (non-hydrogen) atoms. The van der Waals surface area contributed by atoms with Crippen LogP contribution in [0.4, 0.5) is 0 Å². The topological polar surface area (TPSA) is 27.1 Å². The van der Waals surface area contributed by atoms with E-state index in [0.717, 1.165) is 23.9 Å². The minimum atomic E-state index is 0.496. The van der Waals surface area contributed by atoms with Crippen molar-refractivity contribution in [1.29, 1.82) is 0 Å². The van der Waals surface area contributed by atoms with E-state index < -0.39 is 0 Å². The van der Waals surface area contributed by atoms with E-state index in [1.54, 1.807) is 7.11 Å². The van der Waals surface area contributed by atoms with Gasteiger partial charge < -0.3 is 9.30 Å². The normalized spacial score (nSPS) is 17.2. The lowest BCUT2D eigenvalue weighted by Gasteiger charge is -2.09. The molecule has 2 aromatic rings. The van der Waals surface area contributed by atoms with Gasteiger partial charge in [0, 0.05) is 23.7 Å². The fraction of sp³-hybridized carbons (Fsp3) is 0.400. The number of methoxy groups -OCH3 is 1. The highest BCUT2D eigenvalue weighted by atomic mass is 35.5. The Kier molecular flexibility index (Phi) is 4.22. The highest BCUT2D eigenvalue weighted by Gasteiger charge is 2.25. The average molecular weight is 309 g/mol. The van der Waals surface area contributed by atoms with Gasteiger partial charge in [-0.25, -0.2) is 4.98 Å². The number of aromatic nitrogens is 2. The van der Waals surface area contributed by atoms with Crippen LogP contribution in [0.15, 0.2) is 30.5 Å². The van der Waals surface area contributed by atoms with E-state index in [4.69, 9.17) is 16.3 Å². The van der Waals surface area contributed by atoms with Crippen molar-refractivity contribution in [2.45, 2.75) is 29.8 Å². The van der Waals surface area contributed by atoms with Crippen LogP contribution >= 0.6 is 23.4 Å². The van der Waals surface area contributed by atoms with Gasteiger partial charge in [0.2, 0.25) is 0 Å². The maximum atomic E-state index is 5.90. The third kappa shape index (κ3) is 2.67. The summed E-state index contributed by atoms with van der Waals surface area (Å²) in [5, 5.41) is 0.529. The van der Waals surface area contributed by atoms with E-state index in [0.29, 0.717) is 11.1 Å². The number of imidazole rings is 1. The Labute approximate surface area is 128 Å². The summed E-state index contributed by atoms with van der Waals surface area (Å²) in [7, 11) is 1.69. The highest BCUT2D eigenvalue weighted by Crippen LogP contribution is 2.40. The molecule has 0 N–H and O–H groups in total. The molecule has 0 saturated heterocycles. The van der Waals surface area contributed by atoms with Gasteiger partial charge in [0.05, 0.1) is 18.7 Å². The molecule has 3 rings (SSSR count). The van der Waals surface area contributed by atoms with Crippen molar-refractivity contribution in [2.75, 3.05) is 7.11 Å². The number of nitrogens with zero attached hydrogens (tertiary/aromatic N) is 2. The first-order valence-corrected chi connectivity index (χ1v) is 8.25. The monoisotopic (exact) mass is 308 g/mol. The van der Waals surface area contributed by atoms with E-state index in [-0.39, 0.29) is 0 Å². The summed E-state index contributed by atoms with van der Waals surface area (Å²) in [6.45, 7) is 1.04. The Morgan fingerprint density at radius 1 is 1.40 bits per heavy atom. The average Bonchev–Trinajstić information content (AvgIpc) is 3.07. The van der Waals surface area contributed by atoms with Crippen molar-refractivity contribution in [2.24, 2.45) is 0 Å². The number of ether oxygens (including phenoxy) is 1. The lowest BCUT2D eigenvalue weighted by atomic mass is 10.2. The van der Waals surface area contributed by atoms with Gasteiger partial charge in [-0.15, -0.1) is 23.4 Å². The molecule has 0 saturated carbocycles. The number of halogens is 1. The maximum Gasteiger partial charge on any atom is 0.123 e. The molecule has 1 aliphatic heterocycles. The van der Waals surface area contributed by atoms with Gasteiger partial charge in [-0.05, 0) is 24.1 Å². The van der Waals surface area contributed by atoms with Crippen LogP contribution in [0.5, 0.6) is 5.75 Å². The van der Waals surface area contributed by atoms with Crippen LogP contribution in [0, 0.1) is 0 Å². The molecule has 1 unspecified atom stereocenters. The van der Waals surface area contributed by atoms with Crippen molar-refractivity contribution in [3.05, 3.63) is 47.5 Å². The molecular weight excluding hydrogens is 292 g/mol. The van der Waals surface area contributed by atoms with Gasteiger partial charge in [-0.2, -0.15) is 0 Å². The predicted octanol–water partition coefficient (Wildman–Crippen LogP) is 4.01. The SMILES string of the molecule is COc1ccc(CSC2CCn3c2cnc3CCl)cc1. The fourth-order valence-corrected chi connectivity index (χ4v) is 3.96. The molecule has 3 nitrogen and oxygen atoms in total. The Balaban J connectivity index is 1.64. The van der Waals surface area contributed by atoms with E-state index in [2.05, 4.69) is 21.7 Å². The molecule has 0 radical (unpaired) electrons. The predicted molar refractivity (Wildman–Crippen MR) is 83.4 cm³/mol. The first-order valence-electron chi connectivity index (χ1n) is 6.66. The summed E-state index contributed by atoms with van der Waals surface area (Å²) in [4.78, 5) is 4.39. The third-order valence-corrected chi connectivity index (χ3v) is 5.26. The van der Waals surface area contributed by atoms with Gasteiger partial charge in [0.25, 0.3) is 0 Å². The summed E-state index contributed by atoms with van der Waals surface area (Å²) in [6.07, 6.45) is 3.15. The smallest absolute Gasteiger partial charge is 0.123 e. The summed E-state index contributed by atoms with van der Waals surface area (Å²) in [5.41, 5.74) is 2.64. The summed E-state index contributed by atoms with van der Waals surface area (Å²) in [5.74, 6) is 3.41. The molecule has 1 aliphatic rings. The number of alkyl halides is 1. The Hall–Kier alpha value is -1.13. The zero-order valence-electron chi connectivity index (χ0n) is 11.4. The highest BCUT2D eigenvalue weighted by molar-refractivity contribution is 7.98. The second-order valence-electron chi connectivity index (χ2n) is 4.82. The summed E-state index contributed by atoms with van der Waals surface area (Å²) < 4.78 is 7.44. The van der Waals surface area contributed by atoms with Crippen LogP contribution in [0.25, 0.3) is 0 Å². The largest absolute Gasteiger partial charge is 0.497 e. The minimum absolute atomic E-state index is 0.496. The van der Waals surface area contributed by atoms with Crippen molar-refractivity contribution in [1.82, 2.24) is 9.55 Å². The van der Waals surface area contributed by atoms with E-state index in [1.807, 2.05) is 30.1 Å². The molecule has 2 heterocycles. The number of thioether (sulfide) groups is 1. The van der Waals surface area contributed by atoms with Gasteiger partial charge in [-0.3, -0.25) is 0 Å². The van der Waals surface area contributed by atoms with Crippen LogP contribution in [-0.4, -0.2) is 16.7 Å².